The first-order valence-corrected chi connectivity index (χ1v) is 3.76. The molecule has 1 aromatic heterocycles. The van der Waals surface area contributed by atoms with Gasteiger partial charge in [-0.1, -0.05) is 0 Å². The Labute approximate surface area is 105 Å². The standard InChI is InChI=1S/C7H9N3O2.3ClH/c11-7(12)10-2-1-5-6(3-10)9-4-8-5;;;/h4H,1-3H2,(H,8,9)(H,11,12);3*1H. The van der Waals surface area contributed by atoms with E-state index in [2.05, 4.69) is 9.97 Å². The van der Waals surface area contributed by atoms with Crippen LogP contribution < -0.4 is 0 Å². The van der Waals surface area contributed by atoms with Crippen molar-refractivity contribution in [1.82, 2.24) is 14.9 Å². The van der Waals surface area contributed by atoms with Crippen LogP contribution >= 0.6 is 37.2 Å². The second-order valence-corrected chi connectivity index (χ2v) is 2.78. The van der Waals surface area contributed by atoms with Crippen molar-refractivity contribution < 1.29 is 9.90 Å². The molecule has 5 nitrogen and oxygen atoms in total. The van der Waals surface area contributed by atoms with Gasteiger partial charge < -0.3 is 15.0 Å². The topological polar surface area (TPSA) is 69.2 Å². The van der Waals surface area contributed by atoms with E-state index in [1.165, 1.54) is 4.90 Å². The van der Waals surface area contributed by atoms with Gasteiger partial charge in [0.25, 0.3) is 0 Å². The fourth-order valence-electron chi connectivity index (χ4n) is 1.38. The molecule has 1 aliphatic rings. The third-order valence-electron chi connectivity index (χ3n) is 2.05. The number of halogens is 3. The highest BCUT2D eigenvalue weighted by Gasteiger charge is 2.21. The van der Waals surface area contributed by atoms with Crippen LogP contribution in [0.25, 0.3) is 0 Å². The van der Waals surface area contributed by atoms with Crippen LogP contribution in [0.15, 0.2) is 6.33 Å². The highest BCUT2D eigenvalue weighted by atomic mass is 35.5. The number of fused-ring (bicyclic) bond motifs is 1. The lowest BCUT2D eigenvalue weighted by Crippen LogP contribution is -2.34. The molecule has 2 heterocycles. The van der Waals surface area contributed by atoms with E-state index in [1.807, 2.05) is 0 Å². The lowest BCUT2D eigenvalue weighted by molar-refractivity contribution is 0.139. The molecular weight excluding hydrogens is 264 g/mol. The molecule has 0 saturated heterocycles. The van der Waals surface area contributed by atoms with Gasteiger partial charge in [-0.15, -0.1) is 37.2 Å². The Kier molecular flexibility index (Phi) is 7.56. The SMILES string of the molecule is Cl.Cl.Cl.O=C(O)N1CCc2nc[nH]c2C1. The summed E-state index contributed by atoms with van der Waals surface area (Å²) < 4.78 is 0. The average molecular weight is 277 g/mol. The summed E-state index contributed by atoms with van der Waals surface area (Å²) >= 11 is 0. The summed E-state index contributed by atoms with van der Waals surface area (Å²) in [4.78, 5) is 19.0. The van der Waals surface area contributed by atoms with Gasteiger partial charge in [-0.25, -0.2) is 9.78 Å². The normalized spacial score (nSPS) is 12.7. The summed E-state index contributed by atoms with van der Waals surface area (Å²) in [5.74, 6) is 0. The number of hydrogen-bond acceptors (Lipinski definition) is 2. The number of hydrogen-bond donors (Lipinski definition) is 2. The molecule has 0 fully saturated rings. The highest BCUT2D eigenvalue weighted by Crippen LogP contribution is 2.14. The molecule has 1 aliphatic heterocycles. The second-order valence-electron chi connectivity index (χ2n) is 2.78. The van der Waals surface area contributed by atoms with Gasteiger partial charge in [0.2, 0.25) is 0 Å². The minimum Gasteiger partial charge on any atom is -0.465 e. The van der Waals surface area contributed by atoms with E-state index < -0.39 is 6.09 Å². The van der Waals surface area contributed by atoms with Gasteiger partial charge in [0, 0.05) is 13.0 Å². The number of nitrogens with zero attached hydrogens (tertiary/aromatic N) is 2. The van der Waals surface area contributed by atoms with Crippen molar-refractivity contribution in [2.45, 2.75) is 13.0 Å². The Morgan fingerprint density at radius 1 is 1.47 bits per heavy atom. The number of carboxylic acid groups (broad SMARTS) is 1. The molecule has 0 aromatic carbocycles. The maximum atomic E-state index is 10.6. The summed E-state index contributed by atoms with van der Waals surface area (Å²) in [7, 11) is 0. The molecule has 0 saturated carbocycles. The molecule has 15 heavy (non-hydrogen) atoms. The van der Waals surface area contributed by atoms with Crippen molar-refractivity contribution in [3.05, 3.63) is 17.7 Å². The molecule has 2 N–H and O–H groups in total. The Bertz CT molecular complexity index is 318. The molecule has 8 heteroatoms. The highest BCUT2D eigenvalue weighted by molar-refractivity contribution is 5.86. The van der Waals surface area contributed by atoms with E-state index in [4.69, 9.17) is 5.11 Å². The molecule has 0 aliphatic carbocycles. The van der Waals surface area contributed by atoms with E-state index in [-0.39, 0.29) is 37.2 Å². The van der Waals surface area contributed by atoms with Crippen LogP contribution in [0, 0.1) is 0 Å². The molecule has 0 spiro atoms. The number of aromatic amines is 1. The largest absolute Gasteiger partial charge is 0.465 e. The summed E-state index contributed by atoms with van der Waals surface area (Å²) in [6.45, 7) is 0.984. The first-order chi connectivity index (χ1) is 5.77. The van der Waals surface area contributed by atoms with Gasteiger partial charge in [-0.3, -0.25) is 0 Å². The third-order valence-corrected chi connectivity index (χ3v) is 2.05. The van der Waals surface area contributed by atoms with Crippen molar-refractivity contribution in [2.24, 2.45) is 0 Å². The zero-order valence-electron chi connectivity index (χ0n) is 7.67. The first kappa shape index (κ1) is 16.8. The van der Waals surface area contributed by atoms with Crippen molar-refractivity contribution in [3.8, 4) is 0 Å². The monoisotopic (exact) mass is 275 g/mol. The lowest BCUT2D eigenvalue weighted by Gasteiger charge is -2.22. The van der Waals surface area contributed by atoms with Crippen molar-refractivity contribution in [2.75, 3.05) is 6.54 Å². The van der Waals surface area contributed by atoms with E-state index in [1.54, 1.807) is 6.33 Å². The summed E-state index contributed by atoms with van der Waals surface area (Å²) in [5, 5.41) is 8.69. The fourth-order valence-corrected chi connectivity index (χ4v) is 1.38. The van der Waals surface area contributed by atoms with E-state index in [0.29, 0.717) is 19.5 Å². The van der Waals surface area contributed by atoms with Crippen LogP contribution in [0.2, 0.25) is 0 Å². The van der Waals surface area contributed by atoms with Gasteiger partial charge in [-0.2, -0.15) is 0 Å². The van der Waals surface area contributed by atoms with Gasteiger partial charge >= 0.3 is 6.09 Å². The molecule has 1 aromatic rings. The van der Waals surface area contributed by atoms with Crippen LogP contribution in [0.1, 0.15) is 11.4 Å². The third kappa shape index (κ3) is 3.44. The van der Waals surface area contributed by atoms with Crippen LogP contribution in [0.5, 0.6) is 0 Å². The fraction of sp³-hybridized carbons (Fsp3) is 0.429. The van der Waals surface area contributed by atoms with Crippen molar-refractivity contribution >= 4 is 43.3 Å². The maximum absolute atomic E-state index is 10.6. The summed E-state index contributed by atoms with van der Waals surface area (Å²) in [5.41, 5.74) is 1.91. The Balaban J connectivity index is 0. The number of aromatic nitrogens is 2. The van der Waals surface area contributed by atoms with Crippen LogP contribution in [0.3, 0.4) is 0 Å². The molecule has 88 valence electrons. The first-order valence-electron chi connectivity index (χ1n) is 3.76. The van der Waals surface area contributed by atoms with Gasteiger partial charge in [0.15, 0.2) is 0 Å². The van der Waals surface area contributed by atoms with E-state index >= 15 is 0 Å². The number of carbonyl (C=O) groups is 1. The number of rotatable bonds is 0. The van der Waals surface area contributed by atoms with Crippen molar-refractivity contribution in [3.63, 3.8) is 0 Å². The number of H-pyrrole nitrogens is 1. The smallest absolute Gasteiger partial charge is 0.407 e. The van der Waals surface area contributed by atoms with E-state index in [0.717, 1.165) is 11.4 Å². The minimum atomic E-state index is -0.866. The van der Waals surface area contributed by atoms with Gasteiger partial charge in [0.1, 0.15) is 0 Å². The summed E-state index contributed by atoms with van der Waals surface area (Å²) in [6, 6.07) is 0. The lowest BCUT2D eigenvalue weighted by atomic mass is 10.1. The summed E-state index contributed by atoms with van der Waals surface area (Å²) in [6.07, 6.45) is 1.46. The Morgan fingerprint density at radius 3 is 2.73 bits per heavy atom. The molecule has 0 unspecified atom stereocenters. The Morgan fingerprint density at radius 2 is 2.13 bits per heavy atom. The molecular formula is C7H12Cl3N3O2. The molecule has 0 radical (unpaired) electrons. The number of nitrogens with one attached hydrogen (secondary N) is 1. The maximum Gasteiger partial charge on any atom is 0.407 e. The zero-order valence-corrected chi connectivity index (χ0v) is 10.1. The molecule has 2 rings (SSSR count). The zero-order chi connectivity index (χ0) is 8.55. The van der Waals surface area contributed by atoms with Crippen molar-refractivity contribution in [1.29, 1.82) is 0 Å². The second kappa shape index (κ2) is 6.76. The van der Waals surface area contributed by atoms with Crippen LogP contribution in [0.4, 0.5) is 4.79 Å². The average Bonchev–Trinajstić information content (AvgIpc) is 2.49. The quantitative estimate of drug-likeness (QED) is 0.758. The predicted octanol–water partition coefficient (Wildman–Crippen LogP) is 1.71. The number of imidazole rings is 1. The molecule has 0 atom stereocenters. The predicted molar refractivity (Wildman–Crippen MR) is 62.5 cm³/mol. The number of amides is 1. The Hall–Kier alpha value is -0.650. The van der Waals surface area contributed by atoms with Gasteiger partial charge in [0.05, 0.1) is 24.3 Å². The van der Waals surface area contributed by atoms with Crippen LogP contribution in [-0.2, 0) is 13.0 Å². The van der Waals surface area contributed by atoms with Gasteiger partial charge in [-0.05, 0) is 0 Å². The van der Waals surface area contributed by atoms with Crippen LogP contribution in [-0.4, -0.2) is 32.6 Å². The molecule has 0 bridgehead atoms. The molecule has 1 amide bonds. The van der Waals surface area contributed by atoms with E-state index in [9.17, 15) is 4.79 Å². The minimum absolute atomic E-state index is 0.